The molecule has 3 heterocycles. The molecule has 126 valence electrons. The zero-order valence-electron chi connectivity index (χ0n) is 14.1. The van der Waals surface area contributed by atoms with Crippen LogP contribution in [0, 0.1) is 6.92 Å². The summed E-state index contributed by atoms with van der Waals surface area (Å²) >= 11 is 0. The first-order chi connectivity index (χ1) is 11.1. The number of aromatic nitrogens is 1. The first-order valence-electron chi connectivity index (χ1n) is 8.39. The molecule has 1 aromatic heterocycles. The fourth-order valence-electron chi connectivity index (χ4n) is 3.16. The topological polar surface area (TPSA) is 48.9 Å². The van der Waals surface area contributed by atoms with Crippen LogP contribution in [0.15, 0.2) is 18.3 Å². The highest BCUT2D eigenvalue weighted by molar-refractivity contribution is 5.78. The summed E-state index contributed by atoms with van der Waals surface area (Å²) in [5.74, 6) is 1.10. The van der Waals surface area contributed by atoms with Gasteiger partial charge in [-0.25, -0.2) is 0 Å². The lowest BCUT2D eigenvalue weighted by atomic mass is 10.3. The summed E-state index contributed by atoms with van der Waals surface area (Å²) in [5, 5.41) is 0. The van der Waals surface area contributed by atoms with E-state index in [9.17, 15) is 4.79 Å². The normalized spacial score (nSPS) is 23.2. The molecule has 0 bridgehead atoms. The Bertz CT molecular complexity index is 543. The maximum absolute atomic E-state index is 12.4. The van der Waals surface area contributed by atoms with Crippen LogP contribution in [0.25, 0.3) is 0 Å². The molecule has 1 amide bonds. The van der Waals surface area contributed by atoms with Gasteiger partial charge in [0, 0.05) is 45.5 Å². The Labute approximate surface area is 138 Å². The van der Waals surface area contributed by atoms with Crippen molar-refractivity contribution in [2.24, 2.45) is 0 Å². The minimum atomic E-state index is 0.151. The van der Waals surface area contributed by atoms with Crippen molar-refractivity contribution in [3.05, 3.63) is 24.0 Å². The van der Waals surface area contributed by atoms with Crippen LogP contribution in [-0.4, -0.2) is 84.6 Å². The third kappa shape index (κ3) is 4.20. The minimum Gasteiger partial charge on any atom is -0.487 e. The number of piperazine rings is 1. The zero-order valence-corrected chi connectivity index (χ0v) is 14.1. The largest absolute Gasteiger partial charge is 0.487 e. The van der Waals surface area contributed by atoms with E-state index < -0.39 is 0 Å². The standard InChI is InChI=1S/C17H26N4O2/c1-14-16(4-3-6-18-14)23-15-5-7-20(12-15)13-17(22)21-10-8-19(2)9-11-21/h3-4,6,15H,5,7-13H2,1-2H3. The van der Waals surface area contributed by atoms with E-state index in [1.807, 2.05) is 24.0 Å². The van der Waals surface area contributed by atoms with Gasteiger partial charge in [0.25, 0.3) is 0 Å². The van der Waals surface area contributed by atoms with Gasteiger partial charge in [0.15, 0.2) is 0 Å². The highest BCUT2D eigenvalue weighted by Gasteiger charge is 2.28. The van der Waals surface area contributed by atoms with Crippen molar-refractivity contribution in [1.29, 1.82) is 0 Å². The van der Waals surface area contributed by atoms with Crippen molar-refractivity contribution >= 4 is 5.91 Å². The lowest BCUT2D eigenvalue weighted by Crippen LogP contribution is -2.50. The first-order valence-corrected chi connectivity index (χ1v) is 8.39. The maximum atomic E-state index is 12.4. The highest BCUT2D eigenvalue weighted by Crippen LogP contribution is 2.20. The van der Waals surface area contributed by atoms with Crippen molar-refractivity contribution in [2.75, 3.05) is 52.9 Å². The molecule has 1 atom stereocenters. The van der Waals surface area contributed by atoms with E-state index in [0.29, 0.717) is 6.54 Å². The molecule has 1 aromatic rings. The van der Waals surface area contributed by atoms with Gasteiger partial charge in [-0.1, -0.05) is 0 Å². The average Bonchev–Trinajstić information content (AvgIpc) is 2.97. The molecule has 6 heteroatoms. The fraction of sp³-hybridized carbons (Fsp3) is 0.647. The average molecular weight is 318 g/mol. The van der Waals surface area contributed by atoms with Gasteiger partial charge in [-0.05, 0) is 32.5 Å². The number of pyridine rings is 1. The van der Waals surface area contributed by atoms with Crippen molar-refractivity contribution in [1.82, 2.24) is 19.7 Å². The number of carbonyl (C=O) groups excluding carboxylic acids is 1. The van der Waals surface area contributed by atoms with Crippen LogP contribution >= 0.6 is 0 Å². The molecule has 23 heavy (non-hydrogen) atoms. The second-order valence-corrected chi connectivity index (χ2v) is 6.53. The Morgan fingerprint density at radius 3 is 2.83 bits per heavy atom. The van der Waals surface area contributed by atoms with E-state index in [-0.39, 0.29) is 12.0 Å². The van der Waals surface area contributed by atoms with Crippen LogP contribution in [-0.2, 0) is 4.79 Å². The van der Waals surface area contributed by atoms with E-state index >= 15 is 0 Å². The molecule has 0 spiro atoms. The molecule has 2 saturated heterocycles. The molecule has 0 saturated carbocycles. The summed E-state index contributed by atoms with van der Waals surface area (Å²) in [4.78, 5) is 23.1. The Morgan fingerprint density at radius 2 is 2.09 bits per heavy atom. The van der Waals surface area contributed by atoms with Gasteiger partial charge in [0.1, 0.15) is 11.9 Å². The van der Waals surface area contributed by atoms with Crippen molar-refractivity contribution < 1.29 is 9.53 Å². The van der Waals surface area contributed by atoms with Gasteiger partial charge in [-0.3, -0.25) is 14.7 Å². The van der Waals surface area contributed by atoms with Crippen LogP contribution in [0.1, 0.15) is 12.1 Å². The summed E-state index contributed by atoms with van der Waals surface area (Å²) in [6.07, 6.45) is 2.89. The molecule has 6 nitrogen and oxygen atoms in total. The predicted molar refractivity (Wildman–Crippen MR) is 88.5 cm³/mol. The molecule has 1 unspecified atom stereocenters. The molecule has 3 rings (SSSR count). The van der Waals surface area contributed by atoms with Gasteiger partial charge >= 0.3 is 0 Å². The molecule has 0 aromatic carbocycles. The molecule has 2 aliphatic rings. The van der Waals surface area contributed by atoms with Crippen LogP contribution < -0.4 is 4.74 Å². The van der Waals surface area contributed by atoms with Gasteiger partial charge in [0.05, 0.1) is 12.2 Å². The van der Waals surface area contributed by atoms with Gasteiger partial charge in [0.2, 0.25) is 5.91 Å². The fourth-order valence-corrected chi connectivity index (χ4v) is 3.16. The molecular weight excluding hydrogens is 292 g/mol. The molecule has 0 aliphatic carbocycles. The number of aryl methyl sites for hydroxylation is 1. The van der Waals surface area contributed by atoms with E-state index in [2.05, 4.69) is 21.8 Å². The Hall–Kier alpha value is -1.66. The maximum Gasteiger partial charge on any atom is 0.236 e. The van der Waals surface area contributed by atoms with Crippen LogP contribution in [0.5, 0.6) is 5.75 Å². The van der Waals surface area contributed by atoms with E-state index in [0.717, 1.165) is 57.1 Å². The summed E-state index contributed by atoms with van der Waals surface area (Å²) in [6.45, 7) is 7.83. The summed E-state index contributed by atoms with van der Waals surface area (Å²) in [6, 6.07) is 3.85. The lowest BCUT2D eigenvalue weighted by molar-refractivity contribution is -0.133. The summed E-state index contributed by atoms with van der Waals surface area (Å²) in [7, 11) is 2.10. The van der Waals surface area contributed by atoms with Gasteiger partial charge < -0.3 is 14.5 Å². The quantitative estimate of drug-likeness (QED) is 0.814. The third-order valence-electron chi connectivity index (χ3n) is 4.70. The number of amides is 1. The number of rotatable bonds is 4. The van der Waals surface area contributed by atoms with E-state index in [1.54, 1.807) is 6.20 Å². The van der Waals surface area contributed by atoms with Crippen LogP contribution in [0.3, 0.4) is 0 Å². The van der Waals surface area contributed by atoms with Crippen LogP contribution in [0.4, 0.5) is 0 Å². The summed E-state index contributed by atoms with van der Waals surface area (Å²) < 4.78 is 6.04. The number of ether oxygens (including phenoxy) is 1. The van der Waals surface area contributed by atoms with Crippen LogP contribution in [0.2, 0.25) is 0 Å². The lowest BCUT2D eigenvalue weighted by Gasteiger charge is -2.33. The van der Waals surface area contributed by atoms with Crippen molar-refractivity contribution in [3.8, 4) is 5.75 Å². The number of likely N-dealkylation sites (N-methyl/N-ethyl adjacent to an activating group) is 1. The Morgan fingerprint density at radius 1 is 1.30 bits per heavy atom. The zero-order chi connectivity index (χ0) is 16.2. The number of nitrogens with zero attached hydrogens (tertiary/aromatic N) is 4. The number of hydrogen-bond acceptors (Lipinski definition) is 5. The molecule has 2 fully saturated rings. The molecule has 2 aliphatic heterocycles. The molecule has 0 radical (unpaired) electrons. The second kappa shape index (κ2) is 7.27. The van der Waals surface area contributed by atoms with Crippen molar-refractivity contribution in [2.45, 2.75) is 19.4 Å². The predicted octanol–water partition coefficient (Wildman–Crippen LogP) is 0.617. The number of carbonyl (C=O) groups is 1. The first kappa shape index (κ1) is 16.2. The molecular formula is C17H26N4O2. The SMILES string of the molecule is Cc1ncccc1OC1CCN(CC(=O)N2CCN(C)CC2)C1. The molecule has 0 N–H and O–H groups in total. The third-order valence-corrected chi connectivity index (χ3v) is 4.70. The minimum absolute atomic E-state index is 0.151. The smallest absolute Gasteiger partial charge is 0.236 e. The number of hydrogen-bond donors (Lipinski definition) is 0. The number of likely N-dealkylation sites (tertiary alicyclic amines) is 1. The Balaban J connectivity index is 1.46. The van der Waals surface area contributed by atoms with E-state index in [4.69, 9.17) is 4.74 Å². The van der Waals surface area contributed by atoms with Crippen molar-refractivity contribution in [3.63, 3.8) is 0 Å². The highest BCUT2D eigenvalue weighted by atomic mass is 16.5. The van der Waals surface area contributed by atoms with Gasteiger partial charge in [-0.2, -0.15) is 0 Å². The second-order valence-electron chi connectivity index (χ2n) is 6.53. The summed E-state index contributed by atoms with van der Waals surface area (Å²) in [5.41, 5.74) is 0.916. The van der Waals surface area contributed by atoms with E-state index in [1.165, 1.54) is 0 Å². The van der Waals surface area contributed by atoms with Gasteiger partial charge in [-0.15, -0.1) is 0 Å². The monoisotopic (exact) mass is 318 g/mol. The Kier molecular flexibility index (Phi) is 5.13.